The molecule has 2 aromatic carbocycles. The number of benzene rings is 2. The Kier molecular flexibility index (Phi) is 10.5. The first-order valence-corrected chi connectivity index (χ1v) is 15.5. The van der Waals surface area contributed by atoms with Crippen LogP contribution in [0.25, 0.3) is 22.2 Å². The molecule has 14 heteroatoms. The fourth-order valence-corrected chi connectivity index (χ4v) is 6.21. The lowest BCUT2D eigenvalue weighted by atomic mass is 10.0. The van der Waals surface area contributed by atoms with E-state index in [4.69, 9.17) is 42.4 Å². The molecule has 1 fully saturated rings. The zero-order valence-corrected chi connectivity index (χ0v) is 28.2. The lowest BCUT2D eigenvalue weighted by molar-refractivity contribution is -0.127. The third-order valence-electron chi connectivity index (χ3n) is 7.90. The van der Waals surface area contributed by atoms with Gasteiger partial charge in [-0.3, -0.25) is 14.2 Å². The second-order valence-electron chi connectivity index (χ2n) is 11.2. The molecule has 47 heavy (non-hydrogen) atoms. The maximum absolute atomic E-state index is 14.5. The van der Waals surface area contributed by atoms with Gasteiger partial charge in [0.15, 0.2) is 11.6 Å². The van der Waals surface area contributed by atoms with E-state index in [0.29, 0.717) is 49.2 Å². The van der Waals surface area contributed by atoms with Crippen LogP contribution in [0.5, 0.6) is 17.2 Å². The monoisotopic (exact) mass is 684 g/mol. The molecule has 0 unspecified atom stereocenters. The maximum atomic E-state index is 14.5. The summed E-state index contributed by atoms with van der Waals surface area (Å²) in [7, 11) is 8.15. The largest absolute Gasteiger partial charge is 0.495 e. The summed E-state index contributed by atoms with van der Waals surface area (Å²) in [6, 6.07) is 7.15. The van der Waals surface area contributed by atoms with Crippen LogP contribution in [0.3, 0.4) is 0 Å². The van der Waals surface area contributed by atoms with E-state index in [0.717, 1.165) is 0 Å². The summed E-state index contributed by atoms with van der Waals surface area (Å²) < 4.78 is 31.7. The van der Waals surface area contributed by atoms with Crippen molar-refractivity contribution in [2.24, 2.45) is 0 Å². The van der Waals surface area contributed by atoms with Crippen molar-refractivity contribution in [3.63, 3.8) is 0 Å². The van der Waals surface area contributed by atoms with Crippen molar-refractivity contribution >= 4 is 51.8 Å². The molecule has 248 valence electrons. The first kappa shape index (κ1) is 34.0. The van der Waals surface area contributed by atoms with Crippen molar-refractivity contribution < 1.29 is 23.4 Å². The van der Waals surface area contributed by atoms with E-state index in [-0.39, 0.29) is 61.9 Å². The molecular formula is C33H35Cl2FN6O5. The van der Waals surface area contributed by atoms with Gasteiger partial charge < -0.3 is 29.3 Å². The molecular weight excluding hydrogens is 650 g/mol. The second kappa shape index (κ2) is 14.6. The predicted octanol–water partition coefficient (Wildman–Crippen LogP) is 5.96. The summed E-state index contributed by atoms with van der Waals surface area (Å²) in [5.74, 6) is 0.218. The highest BCUT2D eigenvalue weighted by Crippen LogP contribution is 2.45. The summed E-state index contributed by atoms with van der Waals surface area (Å²) in [5, 5.41) is 3.91. The number of carbonyl (C=O) groups excluding carboxylic acids is 1. The molecule has 0 spiro atoms. The van der Waals surface area contributed by atoms with Crippen LogP contribution >= 0.6 is 23.2 Å². The van der Waals surface area contributed by atoms with E-state index in [9.17, 15) is 14.0 Å². The summed E-state index contributed by atoms with van der Waals surface area (Å²) >= 11 is 13.5. The van der Waals surface area contributed by atoms with Gasteiger partial charge in [0.1, 0.15) is 17.1 Å². The van der Waals surface area contributed by atoms with Gasteiger partial charge >= 0.3 is 0 Å². The van der Waals surface area contributed by atoms with Gasteiger partial charge in [0, 0.05) is 66.7 Å². The number of aromatic nitrogens is 3. The number of nitrogens with zero attached hydrogens (tertiary/aromatic N) is 5. The molecule has 5 rings (SSSR count). The lowest BCUT2D eigenvalue weighted by Crippen LogP contribution is -2.40. The first-order chi connectivity index (χ1) is 22.6. The fourth-order valence-electron chi connectivity index (χ4n) is 5.50. The van der Waals surface area contributed by atoms with E-state index >= 15 is 0 Å². The molecule has 3 heterocycles. The van der Waals surface area contributed by atoms with Crippen molar-refractivity contribution in [1.29, 1.82) is 0 Å². The summed E-state index contributed by atoms with van der Waals surface area (Å²) in [6.07, 6.45) is 5.98. The molecule has 1 amide bonds. The van der Waals surface area contributed by atoms with Gasteiger partial charge in [0.2, 0.25) is 11.9 Å². The Morgan fingerprint density at radius 1 is 1.04 bits per heavy atom. The molecule has 4 aromatic rings. The van der Waals surface area contributed by atoms with Crippen LogP contribution < -0.4 is 25.1 Å². The van der Waals surface area contributed by atoms with Crippen LogP contribution in [-0.4, -0.2) is 85.3 Å². The number of fused-ring (bicyclic) bond motifs is 1. The number of carbonyl (C=O) groups is 1. The number of piperidine rings is 1. The number of amides is 1. The number of likely N-dealkylation sites (N-methyl/N-ethyl adjacent to an activating group) is 1. The number of ether oxygens (including phenoxy) is 3. The van der Waals surface area contributed by atoms with Gasteiger partial charge in [0.05, 0.1) is 36.9 Å². The Balaban J connectivity index is 1.61. The van der Waals surface area contributed by atoms with Crippen molar-refractivity contribution in [3.8, 4) is 28.4 Å². The van der Waals surface area contributed by atoms with Crippen LogP contribution in [0.1, 0.15) is 18.9 Å². The molecule has 0 aliphatic carbocycles. The summed E-state index contributed by atoms with van der Waals surface area (Å²) in [5.41, 5.74) is 0.930. The average Bonchev–Trinajstić information content (AvgIpc) is 3.06. The van der Waals surface area contributed by atoms with E-state index < -0.39 is 5.82 Å². The van der Waals surface area contributed by atoms with Crippen LogP contribution in [0, 0.1) is 5.82 Å². The molecule has 0 radical (unpaired) electrons. The van der Waals surface area contributed by atoms with Gasteiger partial charge in [0.25, 0.3) is 5.56 Å². The third kappa shape index (κ3) is 7.14. The number of pyridine rings is 1. The van der Waals surface area contributed by atoms with Crippen LogP contribution in [0.4, 0.5) is 16.0 Å². The fraction of sp³-hybridized carbons (Fsp3) is 0.333. The van der Waals surface area contributed by atoms with Crippen LogP contribution in [0.15, 0.2) is 53.5 Å². The number of rotatable bonds is 10. The Morgan fingerprint density at radius 2 is 1.70 bits per heavy atom. The Hall–Kier alpha value is -4.39. The van der Waals surface area contributed by atoms with E-state index in [1.54, 1.807) is 33.9 Å². The van der Waals surface area contributed by atoms with Crippen molar-refractivity contribution in [2.75, 3.05) is 60.4 Å². The molecule has 1 aliphatic heterocycles. The molecule has 0 saturated carbocycles. The minimum Gasteiger partial charge on any atom is -0.495 e. The van der Waals surface area contributed by atoms with E-state index in [1.807, 2.05) is 25.1 Å². The maximum Gasteiger partial charge on any atom is 0.260 e. The van der Waals surface area contributed by atoms with Gasteiger partial charge in [-0.2, -0.15) is 4.98 Å². The lowest BCUT2D eigenvalue weighted by Gasteiger charge is -2.33. The van der Waals surface area contributed by atoms with Gasteiger partial charge in [-0.1, -0.05) is 29.3 Å². The van der Waals surface area contributed by atoms with Crippen LogP contribution in [-0.2, 0) is 4.79 Å². The molecule has 0 atom stereocenters. The van der Waals surface area contributed by atoms with Gasteiger partial charge in [-0.15, -0.1) is 0 Å². The number of halogens is 3. The number of likely N-dealkylation sites (tertiary alicyclic amines) is 1. The van der Waals surface area contributed by atoms with Crippen molar-refractivity contribution in [1.82, 2.24) is 24.3 Å². The smallest absolute Gasteiger partial charge is 0.260 e. The normalized spacial score (nSPS) is 13.9. The zero-order chi connectivity index (χ0) is 33.8. The van der Waals surface area contributed by atoms with Gasteiger partial charge in [-0.05, 0) is 45.1 Å². The number of nitrogens with one attached hydrogen (secondary N) is 1. The molecule has 11 nitrogen and oxygen atoms in total. The standard InChI is InChI=1S/C33H35Cl2FN6O5/c1-40(2)12-6-7-27(43)41-13-10-21(11-14-41)42-31-19(18-37-33(39-31)38-20-8-9-23(36)24(16-20)45-3)15-22(32(42)44)28-29(34)25(46-4)17-26(47-5)30(28)35/h6-9,15-18,21H,10-14H2,1-5H3,(H,37,38,39)/b7-6+. The molecule has 0 bridgehead atoms. The molecule has 1 aliphatic rings. The highest BCUT2D eigenvalue weighted by atomic mass is 35.5. The minimum atomic E-state index is -0.511. The number of methoxy groups -OCH3 is 3. The van der Waals surface area contributed by atoms with Gasteiger partial charge in [-0.25, -0.2) is 9.37 Å². The number of hydrogen-bond donors (Lipinski definition) is 1. The van der Waals surface area contributed by atoms with Crippen LogP contribution in [0.2, 0.25) is 10.0 Å². The molecule has 1 saturated heterocycles. The highest BCUT2D eigenvalue weighted by molar-refractivity contribution is 6.41. The van der Waals surface area contributed by atoms with E-state index in [1.165, 1.54) is 39.5 Å². The SMILES string of the molecule is COc1cc(Nc2ncc3cc(-c4c(Cl)c(OC)cc(OC)c4Cl)c(=O)n(C4CCN(C(=O)/C=C/CN(C)C)CC4)c3n2)ccc1F. The Labute approximate surface area is 281 Å². The third-order valence-corrected chi connectivity index (χ3v) is 8.65. The second-order valence-corrected chi connectivity index (χ2v) is 11.9. The first-order valence-electron chi connectivity index (χ1n) is 14.8. The van der Waals surface area contributed by atoms with Crippen molar-refractivity contribution in [3.05, 3.63) is 74.9 Å². The Morgan fingerprint density at radius 3 is 2.32 bits per heavy atom. The summed E-state index contributed by atoms with van der Waals surface area (Å²) in [6.45, 7) is 1.53. The average molecular weight is 686 g/mol. The zero-order valence-electron chi connectivity index (χ0n) is 26.6. The van der Waals surface area contributed by atoms with Crippen molar-refractivity contribution in [2.45, 2.75) is 18.9 Å². The minimum absolute atomic E-state index is 0.0534. The highest BCUT2D eigenvalue weighted by Gasteiger charge is 2.29. The quantitative estimate of drug-likeness (QED) is 0.203. The molecule has 2 aromatic heterocycles. The number of anilines is 2. The van der Waals surface area contributed by atoms with E-state index in [2.05, 4.69) is 10.3 Å². The Bertz CT molecular complexity index is 1860. The topological polar surface area (TPSA) is 111 Å². The molecule has 1 N–H and O–H groups in total. The number of hydrogen-bond acceptors (Lipinski definition) is 9. The summed E-state index contributed by atoms with van der Waals surface area (Å²) in [4.78, 5) is 40.3. The predicted molar refractivity (Wildman–Crippen MR) is 181 cm³/mol.